The zero-order valence-corrected chi connectivity index (χ0v) is 20.4. The Bertz CT molecular complexity index is 1460. The van der Waals surface area contributed by atoms with Gasteiger partial charge >= 0.3 is 6.03 Å². The Kier molecular flexibility index (Phi) is 7.39. The zero-order chi connectivity index (χ0) is 26.5. The summed E-state index contributed by atoms with van der Waals surface area (Å²) in [6.07, 6.45) is 1.27. The van der Waals surface area contributed by atoms with E-state index in [4.69, 9.17) is 4.74 Å². The van der Waals surface area contributed by atoms with Gasteiger partial charge in [-0.1, -0.05) is 30.3 Å². The molecule has 1 saturated heterocycles. The van der Waals surface area contributed by atoms with Crippen LogP contribution in [0.15, 0.2) is 82.8 Å². The molecule has 5 amide bonds. The van der Waals surface area contributed by atoms with Gasteiger partial charge < -0.3 is 10.1 Å². The van der Waals surface area contributed by atoms with Crippen LogP contribution in [0.2, 0.25) is 0 Å². The number of para-hydroxylation sites is 1. The normalized spacial score (nSPS) is 14.4. The quantitative estimate of drug-likeness (QED) is 0.190. The molecule has 0 atom stereocenters. The molecule has 0 spiro atoms. The number of rotatable bonds is 7. The number of nitro benzene ring substituents is 1. The van der Waals surface area contributed by atoms with Crippen molar-refractivity contribution in [2.24, 2.45) is 0 Å². The van der Waals surface area contributed by atoms with Crippen LogP contribution in [0.25, 0.3) is 6.08 Å². The third-order valence-electron chi connectivity index (χ3n) is 5.08. The third kappa shape index (κ3) is 5.87. The minimum Gasteiger partial charge on any atom is -0.483 e. The molecular weight excluding hydrogens is 548 g/mol. The van der Waals surface area contributed by atoms with E-state index in [1.54, 1.807) is 42.5 Å². The SMILES string of the molecule is O=C(COc1ccc(/C=C2\C(=O)NC(=O)N(c3cccc([N+](=O)[O-])c3)C2=O)cc1Br)Nc1ccccc1. The summed E-state index contributed by atoms with van der Waals surface area (Å²) in [5.41, 5.74) is 0.310. The fourth-order valence-corrected chi connectivity index (χ4v) is 3.90. The summed E-state index contributed by atoms with van der Waals surface area (Å²) in [6.45, 7) is -0.255. The molecule has 0 radical (unpaired) electrons. The van der Waals surface area contributed by atoms with Crippen LogP contribution in [0.5, 0.6) is 5.75 Å². The van der Waals surface area contributed by atoms with E-state index in [2.05, 4.69) is 26.6 Å². The van der Waals surface area contributed by atoms with E-state index < -0.39 is 22.8 Å². The number of ether oxygens (including phenoxy) is 1. The number of imide groups is 2. The molecule has 0 bridgehead atoms. The highest BCUT2D eigenvalue weighted by molar-refractivity contribution is 9.10. The number of hydrogen-bond acceptors (Lipinski definition) is 7. The first-order valence-electron chi connectivity index (χ1n) is 10.7. The highest BCUT2D eigenvalue weighted by Crippen LogP contribution is 2.29. The van der Waals surface area contributed by atoms with Crippen molar-refractivity contribution >= 4 is 62.8 Å². The van der Waals surface area contributed by atoms with E-state index in [9.17, 15) is 29.3 Å². The average Bonchev–Trinajstić information content (AvgIpc) is 2.86. The summed E-state index contributed by atoms with van der Waals surface area (Å²) in [5, 5.41) is 15.8. The van der Waals surface area contributed by atoms with Crippen molar-refractivity contribution in [2.75, 3.05) is 16.8 Å². The number of barbiturate groups is 1. The predicted molar refractivity (Wildman–Crippen MR) is 137 cm³/mol. The number of carbonyl (C=O) groups excluding carboxylic acids is 4. The van der Waals surface area contributed by atoms with Gasteiger partial charge in [0.2, 0.25) is 0 Å². The Labute approximate surface area is 218 Å². The lowest BCUT2D eigenvalue weighted by Gasteiger charge is -2.26. The lowest BCUT2D eigenvalue weighted by molar-refractivity contribution is -0.384. The molecule has 1 heterocycles. The number of halogens is 1. The standard InChI is InChI=1S/C25H17BrN4O7/c26-20-12-15(9-10-21(20)37-14-22(31)27-16-5-2-1-3-6-16)11-19-23(32)28-25(34)29(24(19)33)17-7-4-8-18(13-17)30(35)36/h1-13H,14H2,(H,27,31)(H,28,32,34)/b19-11+. The van der Waals surface area contributed by atoms with Gasteiger partial charge in [-0.05, 0) is 57.9 Å². The summed E-state index contributed by atoms with van der Waals surface area (Å²) < 4.78 is 5.99. The van der Waals surface area contributed by atoms with Crippen LogP contribution >= 0.6 is 15.9 Å². The Hall–Kier alpha value is -4.84. The van der Waals surface area contributed by atoms with Crippen LogP contribution in [0.4, 0.5) is 21.9 Å². The van der Waals surface area contributed by atoms with Crippen LogP contribution < -0.4 is 20.3 Å². The molecule has 3 aromatic rings. The van der Waals surface area contributed by atoms with Crippen molar-refractivity contribution in [3.8, 4) is 5.75 Å². The highest BCUT2D eigenvalue weighted by atomic mass is 79.9. The largest absolute Gasteiger partial charge is 0.483 e. The van der Waals surface area contributed by atoms with Crippen molar-refractivity contribution in [1.82, 2.24) is 5.32 Å². The van der Waals surface area contributed by atoms with Crippen LogP contribution in [0, 0.1) is 10.1 Å². The van der Waals surface area contributed by atoms with Gasteiger partial charge in [0.25, 0.3) is 23.4 Å². The van der Waals surface area contributed by atoms with Crippen molar-refractivity contribution in [2.45, 2.75) is 0 Å². The number of non-ortho nitro benzene ring substituents is 1. The van der Waals surface area contributed by atoms with Crippen LogP contribution in [-0.4, -0.2) is 35.3 Å². The van der Waals surface area contributed by atoms with Gasteiger partial charge in [-0.25, -0.2) is 9.69 Å². The third-order valence-corrected chi connectivity index (χ3v) is 5.70. The molecule has 0 saturated carbocycles. The lowest BCUT2D eigenvalue weighted by atomic mass is 10.1. The zero-order valence-electron chi connectivity index (χ0n) is 18.8. The molecule has 2 N–H and O–H groups in total. The van der Waals surface area contributed by atoms with Gasteiger partial charge in [0.15, 0.2) is 6.61 Å². The molecule has 3 aromatic carbocycles. The van der Waals surface area contributed by atoms with Crippen molar-refractivity contribution < 1.29 is 28.8 Å². The van der Waals surface area contributed by atoms with Gasteiger partial charge in [0.05, 0.1) is 15.1 Å². The average molecular weight is 565 g/mol. The number of carbonyl (C=O) groups is 4. The number of urea groups is 1. The van der Waals surface area contributed by atoms with Gasteiger partial charge in [-0.3, -0.25) is 29.8 Å². The maximum absolute atomic E-state index is 13.0. The Morgan fingerprint density at radius 3 is 2.51 bits per heavy atom. The van der Waals surface area contributed by atoms with Crippen molar-refractivity contribution in [3.63, 3.8) is 0 Å². The fraction of sp³-hybridized carbons (Fsp3) is 0.0400. The molecule has 1 aliphatic rings. The summed E-state index contributed by atoms with van der Waals surface area (Å²) in [4.78, 5) is 61.0. The monoisotopic (exact) mass is 564 g/mol. The molecule has 186 valence electrons. The van der Waals surface area contributed by atoms with E-state index >= 15 is 0 Å². The fourth-order valence-electron chi connectivity index (χ4n) is 3.39. The van der Waals surface area contributed by atoms with E-state index in [0.717, 1.165) is 6.07 Å². The first-order valence-corrected chi connectivity index (χ1v) is 11.5. The second-order valence-electron chi connectivity index (χ2n) is 7.63. The molecule has 12 heteroatoms. The van der Waals surface area contributed by atoms with Gasteiger partial charge in [-0.15, -0.1) is 0 Å². The second-order valence-corrected chi connectivity index (χ2v) is 8.48. The molecule has 11 nitrogen and oxygen atoms in total. The number of hydrogen-bond donors (Lipinski definition) is 2. The van der Waals surface area contributed by atoms with Crippen LogP contribution in [0.1, 0.15) is 5.56 Å². The first-order chi connectivity index (χ1) is 17.7. The lowest BCUT2D eigenvalue weighted by Crippen LogP contribution is -2.54. The Morgan fingerprint density at radius 1 is 1.05 bits per heavy atom. The van der Waals surface area contributed by atoms with Gasteiger partial charge in [0, 0.05) is 17.8 Å². The molecule has 1 fully saturated rings. The molecule has 4 rings (SSSR count). The number of nitrogens with zero attached hydrogens (tertiary/aromatic N) is 2. The maximum atomic E-state index is 13.0. The number of anilines is 2. The Morgan fingerprint density at radius 2 is 1.81 bits per heavy atom. The minimum absolute atomic E-state index is 0.0613. The van der Waals surface area contributed by atoms with E-state index in [1.165, 1.54) is 24.3 Å². The molecule has 1 aliphatic heterocycles. The second kappa shape index (κ2) is 10.8. The molecule has 37 heavy (non-hydrogen) atoms. The van der Waals surface area contributed by atoms with E-state index in [0.29, 0.717) is 26.4 Å². The summed E-state index contributed by atoms with van der Waals surface area (Å²) >= 11 is 3.34. The van der Waals surface area contributed by atoms with E-state index in [-0.39, 0.29) is 29.5 Å². The number of nitrogens with one attached hydrogen (secondary N) is 2. The first kappa shape index (κ1) is 25.3. The molecule has 0 unspecified atom stereocenters. The van der Waals surface area contributed by atoms with Gasteiger partial charge in [0.1, 0.15) is 11.3 Å². The van der Waals surface area contributed by atoms with E-state index in [1.807, 2.05) is 6.07 Å². The summed E-state index contributed by atoms with van der Waals surface area (Å²) in [7, 11) is 0. The minimum atomic E-state index is -1.02. The Balaban J connectivity index is 1.50. The molecule has 0 aromatic heterocycles. The van der Waals surface area contributed by atoms with Gasteiger partial charge in [-0.2, -0.15) is 0 Å². The molecule has 0 aliphatic carbocycles. The smallest absolute Gasteiger partial charge is 0.335 e. The van der Waals surface area contributed by atoms with Crippen LogP contribution in [-0.2, 0) is 14.4 Å². The topological polar surface area (TPSA) is 148 Å². The number of benzene rings is 3. The number of nitro groups is 1. The van der Waals surface area contributed by atoms with Crippen molar-refractivity contribution in [3.05, 3.63) is 98.5 Å². The maximum Gasteiger partial charge on any atom is 0.335 e. The summed E-state index contributed by atoms with van der Waals surface area (Å²) in [6, 6.07) is 17.5. The number of amides is 5. The predicted octanol–water partition coefficient (Wildman–Crippen LogP) is 4.04. The molecular formula is C25H17BrN4O7. The van der Waals surface area contributed by atoms with Crippen LogP contribution in [0.3, 0.4) is 0 Å². The van der Waals surface area contributed by atoms with Crippen molar-refractivity contribution in [1.29, 1.82) is 0 Å². The summed E-state index contributed by atoms with van der Waals surface area (Å²) in [5.74, 6) is -1.87. The highest BCUT2D eigenvalue weighted by Gasteiger charge is 2.37.